The van der Waals surface area contributed by atoms with E-state index >= 15 is 0 Å². The number of carbonyl (C=O) groups is 1. The van der Waals surface area contributed by atoms with Gasteiger partial charge in [0.2, 0.25) is 5.82 Å². The van der Waals surface area contributed by atoms with Crippen molar-refractivity contribution in [3.63, 3.8) is 0 Å². The summed E-state index contributed by atoms with van der Waals surface area (Å²) in [6, 6.07) is 4.91. The van der Waals surface area contributed by atoms with Gasteiger partial charge >= 0.3 is 11.6 Å². The summed E-state index contributed by atoms with van der Waals surface area (Å²) in [5, 5.41) is 0.501. The number of esters is 1. The molecule has 1 heterocycles. The second kappa shape index (κ2) is 6.25. The molecule has 0 N–H and O–H groups in total. The van der Waals surface area contributed by atoms with E-state index in [2.05, 4.69) is 4.74 Å². The number of hydrogen-bond acceptors (Lipinski definition) is 4. The van der Waals surface area contributed by atoms with Crippen LogP contribution >= 0.6 is 0 Å². The fourth-order valence-electron chi connectivity index (χ4n) is 2.31. The van der Waals surface area contributed by atoms with Gasteiger partial charge in [-0.05, 0) is 24.6 Å². The topological polar surface area (TPSA) is 56.5 Å². The summed E-state index contributed by atoms with van der Waals surface area (Å²) in [6.45, 7) is 1.62. The molecule has 0 aliphatic heterocycles. The Labute approximate surface area is 141 Å². The molecule has 0 aliphatic rings. The Kier molecular flexibility index (Phi) is 4.23. The molecule has 3 aromatic rings. The minimum atomic E-state index is -2.39. The van der Waals surface area contributed by atoms with Crippen molar-refractivity contribution in [2.24, 2.45) is 0 Å². The molecule has 4 nitrogen and oxygen atoms in total. The predicted octanol–water partition coefficient (Wildman–Crippen LogP) is 4.02. The Hall–Kier alpha value is -3.23. The fraction of sp³-hybridized carbons (Fsp3) is 0.0588. The highest BCUT2D eigenvalue weighted by molar-refractivity contribution is 5.92. The van der Waals surface area contributed by atoms with Gasteiger partial charge in [-0.15, -0.1) is 0 Å². The number of fused-ring (bicyclic) bond motifs is 1. The molecule has 0 unspecified atom stereocenters. The summed E-state index contributed by atoms with van der Waals surface area (Å²) in [4.78, 5) is 23.3. The van der Waals surface area contributed by atoms with Crippen LogP contribution in [0, 0.1) is 36.0 Å². The van der Waals surface area contributed by atoms with E-state index in [-0.39, 0.29) is 11.3 Å². The third kappa shape index (κ3) is 2.81. The van der Waals surface area contributed by atoms with Gasteiger partial charge in [0.15, 0.2) is 23.3 Å². The van der Waals surface area contributed by atoms with E-state index in [0.717, 1.165) is 6.07 Å². The first kappa shape index (κ1) is 17.6. The molecule has 3 rings (SSSR count). The molecule has 0 spiro atoms. The molecule has 0 saturated carbocycles. The number of ether oxygens (including phenoxy) is 1. The lowest BCUT2D eigenvalue weighted by Crippen LogP contribution is -2.17. The van der Waals surface area contributed by atoms with Crippen molar-refractivity contribution in [1.29, 1.82) is 0 Å². The van der Waals surface area contributed by atoms with Gasteiger partial charge in [0.25, 0.3) is 0 Å². The monoisotopic (exact) mass is 370 g/mol. The minimum Gasteiger partial charge on any atom is -0.423 e. The smallest absolute Gasteiger partial charge is 0.349 e. The van der Waals surface area contributed by atoms with E-state index in [1.165, 1.54) is 18.2 Å². The van der Waals surface area contributed by atoms with Gasteiger partial charge in [0.05, 0.1) is 0 Å². The molecule has 1 aromatic heterocycles. The van der Waals surface area contributed by atoms with Gasteiger partial charge in [0.1, 0.15) is 16.9 Å². The first-order valence-corrected chi connectivity index (χ1v) is 6.99. The normalized spacial score (nSPS) is 11.0. The van der Waals surface area contributed by atoms with Crippen molar-refractivity contribution in [2.45, 2.75) is 6.92 Å². The first-order chi connectivity index (χ1) is 12.2. The number of hydrogen-bond donors (Lipinski definition) is 0. The Balaban J connectivity index is 2.04. The molecular formula is C17H7F5O4. The number of halogens is 5. The molecule has 0 bridgehead atoms. The van der Waals surface area contributed by atoms with Gasteiger partial charge in [-0.2, -0.15) is 0 Å². The Bertz CT molecular complexity index is 1090. The molecule has 26 heavy (non-hydrogen) atoms. The quantitative estimate of drug-likeness (QED) is 0.171. The molecule has 0 amide bonds. The molecule has 0 fully saturated rings. The van der Waals surface area contributed by atoms with Crippen molar-refractivity contribution < 1.29 is 35.9 Å². The van der Waals surface area contributed by atoms with E-state index in [4.69, 9.17) is 4.42 Å². The average Bonchev–Trinajstić information content (AvgIpc) is 2.58. The lowest BCUT2D eigenvalue weighted by molar-refractivity contribution is 0.0721. The van der Waals surface area contributed by atoms with Crippen LogP contribution in [0.3, 0.4) is 0 Å². The summed E-state index contributed by atoms with van der Waals surface area (Å²) >= 11 is 0. The van der Waals surface area contributed by atoms with Crippen LogP contribution in [-0.2, 0) is 0 Å². The van der Waals surface area contributed by atoms with Gasteiger partial charge in [0, 0.05) is 17.5 Å². The highest BCUT2D eigenvalue weighted by Crippen LogP contribution is 2.26. The van der Waals surface area contributed by atoms with E-state index in [1.54, 1.807) is 6.92 Å². The van der Waals surface area contributed by atoms with E-state index in [1.807, 2.05) is 0 Å². The van der Waals surface area contributed by atoms with Gasteiger partial charge in [-0.25, -0.2) is 31.5 Å². The maximum atomic E-state index is 13.6. The van der Waals surface area contributed by atoms with E-state index in [9.17, 15) is 31.5 Å². The largest absolute Gasteiger partial charge is 0.423 e. The highest BCUT2D eigenvalue weighted by Gasteiger charge is 2.31. The third-order valence-corrected chi connectivity index (χ3v) is 3.55. The van der Waals surface area contributed by atoms with Crippen LogP contribution in [0.4, 0.5) is 22.0 Å². The Morgan fingerprint density at radius 1 is 0.923 bits per heavy atom. The molecule has 0 radical (unpaired) electrons. The number of rotatable bonds is 2. The van der Waals surface area contributed by atoms with Crippen LogP contribution < -0.4 is 10.4 Å². The summed E-state index contributed by atoms with van der Waals surface area (Å²) in [6.07, 6.45) is 0. The molecule has 0 atom stereocenters. The molecule has 134 valence electrons. The van der Waals surface area contributed by atoms with E-state index in [0.29, 0.717) is 10.9 Å². The Morgan fingerprint density at radius 2 is 1.50 bits per heavy atom. The van der Waals surface area contributed by atoms with E-state index < -0.39 is 46.2 Å². The summed E-state index contributed by atoms with van der Waals surface area (Å²) in [7, 11) is 0. The SMILES string of the molecule is Cc1cc(=O)oc2cc(OC(=O)c3c(F)c(F)c(F)c(F)c3F)ccc12. The average molecular weight is 370 g/mol. The fourth-order valence-corrected chi connectivity index (χ4v) is 2.31. The third-order valence-electron chi connectivity index (χ3n) is 3.55. The standard InChI is InChI=1S/C17H7F5O4/c1-6-4-10(23)26-9-5-7(2-3-8(6)9)25-17(24)11-12(18)14(20)16(22)15(21)13(11)19/h2-5H,1H3. The maximum Gasteiger partial charge on any atom is 0.349 e. The first-order valence-electron chi connectivity index (χ1n) is 6.99. The van der Waals surface area contributed by atoms with Crippen molar-refractivity contribution in [1.82, 2.24) is 0 Å². The van der Waals surface area contributed by atoms with Crippen LogP contribution in [-0.4, -0.2) is 5.97 Å². The van der Waals surface area contributed by atoms with Crippen LogP contribution in [0.5, 0.6) is 5.75 Å². The molecular weight excluding hydrogens is 363 g/mol. The predicted molar refractivity (Wildman–Crippen MR) is 78.4 cm³/mol. The second-order valence-corrected chi connectivity index (χ2v) is 5.24. The molecule has 0 saturated heterocycles. The van der Waals surface area contributed by atoms with Crippen molar-refractivity contribution >= 4 is 16.9 Å². The zero-order chi connectivity index (χ0) is 19.2. The highest BCUT2D eigenvalue weighted by atomic mass is 19.2. The molecule has 0 aliphatic carbocycles. The van der Waals surface area contributed by atoms with Gasteiger partial charge < -0.3 is 9.15 Å². The number of carbonyl (C=O) groups excluding carboxylic acids is 1. The van der Waals surface area contributed by atoms with Gasteiger partial charge in [-0.3, -0.25) is 0 Å². The summed E-state index contributed by atoms with van der Waals surface area (Å²) in [5.74, 6) is -13.7. The summed E-state index contributed by atoms with van der Waals surface area (Å²) < 4.78 is 76.2. The van der Waals surface area contributed by atoms with Crippen LogP contribution in [0.25, 0.3) is 11.0 Å². The van der Waals surface area contributed by atoms with Crippen molar-refractivity contribution in [3.8, 4) is 5.75 Å². The van der Waals surface area contributed by atoms with Crippen molar-refractivity contribution in [2.75, 3.05) is 0 Å². The number of benzene rings is 2. The minimum absolute atomic E-state index is 0.0118. The lowest BCUT2D eigenvalue weighted by atomic mass is 10.1. The Morgan fingerprint density at radius 3 is 2.12 bits per heavy atom. The van der Waals surface area contributed by atoms with Gasteiger partial charge in [-0.1, -0.05) is 0 Å². The molecule has 9 heteroatoms. The lowest BCUT2D eigenvalue weighted by Gasteiger charge is -2.09. The second-order valence-electron chi connectivity index (χ2n) is 5.24. The van der Waals surface area contributed by atoms with Crippen molar-refractivity contribution in [3.05, 3.63) is 74.9 Å². The van der Waals surface area contributed by atoms with Crippen LogP contribution in [0.15, 0.2) is 33.5 Å². The summed E-state index contributed by atoms with van der Waals surface area (Å²) in [5.41, 5.74) is -1.84. The van der Waals surface area contributed by atoms with Crippen LogP contribution in [0.1, 0.15) is 15.9 Å². The van der Waals surface area contributed by atoms with Crippen LogP contribution in [0.2, 0.25) is 0 Å². The molecule has 2 aromatic carbocycles. The zero-order valence-electron chi connectivity index (χ0n) is 12.8. The number of aryl methyl sites for hydroxylation is 1. The zero-order valence-corrected chi connectivity index (χ0v) is 12.8. The maximum absolute atomic E-state index is 13.6.